The first-order chi connectivity index (χ1) is 38.6. The van der Waals surface area contributed by atoms with Crippen molar-refractivity contribution in [2.75, 3.05) is 39.1 Å². The number of para-hydroxylation sites is 2. The van der Waals surface area contributed by atoms with Crippen LogP contribution in [0, 0.1) is 22.0 Å². The fourth-order valence-corrected chi connectivity index (χ4v) is 11.5. The Kier molecular flexibility index (Phi) is 22.8. The van der Waals surface area contributed by atoms with Gasteiger partial charge in [0.2, 0.25) is 57.3 Å². The van der Waals surface area contributed by atoms with Crippen molar-refractivity contribution in [2.45, 2.75) is 119 Å². The van der Waals surface area contributed by atoms with E-state index in [1.165, 1.54) is 26.2 Å². The molecule has 11 N–H and O–H groups in total. The number of hydrogen-bond donors (Lipinski definition) is 10. The Morgan fingerprint density at radius 2 is 1.56 bits per heavy atom. The van der Waals surface area contributed by atoms with Gasteiger partial charge in [-0.25, -0.2) is 13.2 Å². The second-order valence-electron chi connectivity index (χ2n) is 19.3. The molecule has 2 aliphatic rings. The van der Waals surface area contributed by atoms with Crippen LogP contribution in [0.1, 0.15) is 59.4 Å². The molecule has 0 aliphatic carbocycles. The predicted octanol–water partition coefficient (Wildman–Crippen LogP) is -2.00. The van der Waals surface area contributed by atoms with Crippen molar-refractivity contribution in [3.05, 3.63) is 64.2 Å². The number of aliphatic carboxylic acids is 1. The fraction of sp³-hybridized carbons (Fsp3) is 0.500. The summed E-state index contributed by atoms with van der Waals surface area (Å²) < 4.78 is 45.9. The minimum absolute atomic E-state index is 0.181. The number of nitrogens with one attached hydrogen (secondary N) is 8. The van der Waals surface area contributed by atoms with E-state index in [2.05, 4.69) is 41.6 Å². The number of carboxylic acids is 1. The monoisotopic (exact) mass is 1190 g/mol. The van der Waals surface area contributed by atoms with Crippen LogP contribution in [0.25, 0.3) is 10.9 Å². The smallest absolute Gasteiger partial charge is 0.326 e. The number of sulfonamides is 1. The number of esters is 2. The maximum Gasteiger partial charge on any atom is 0.326 e. The quantitative estimate of drug-likeness (QED) is 0.0332. The average Bonchev–Trinajstić information content (AvgIpc) is 4.10. The van der Waals surface area contributed by atoms with Crippen LogP contribution in [0.5, 0.6) is 0 Å². The normalized spacial score (nSPS) is 21.2. The summed E-state index contributed by atoms with van der Waals surface area (Å²) in [5.74, 6) is -13.7. The molecule has 1 aromatic heterocycles. The highest BCUT2D eigenvalue weighted by atomic mass is 32.2. The van der Waals surface area contributed by atoms with Gasteiger partial charge in [0, 0.05) is 69.0 Å². The lowest BCUT2D eigenvalue weighted by molar-refractivity contribution is -0.387. The number of hydrogen-bond acceptors (Lipinski definition) is 19. The zero-order chi connectivity index (χ0) is 60.7. The zero-order valence-corrected chi connectivity index (χ0v) is 47.0. The molecule has 446 valence electrons. The Bertz CT molecular complexity index is 3070. The number of nitrogens with two attached hydrogens (primary N) is 1. The van der Waals surface area contributed by atoms with Crippen molar-refractivity contribution in [3.8, 4) is 0 Å². The Hall–Kier alpha value is -8.23. The lowest BCUT2D eigenvalue weighted by atomic mass is 9.95. The van der Waals surface area contributed by atoms with Crippen molar-refractivity contribution < 1.29 is 85.4 Å². The number of fused-ring (bicyclic) bond motifs is 3. The van der Waals surface area contributed by atoms with E-state index in [1.807, 2.05) is 0 Å². The van der Waals surface area contributed by atoms with Gasteiger partial charge in [0.1, 0.15) is 49.0 Å². The zero-order valence-electron chi connectivity index (χ0n) is 45.3. The van der Waals surface area contributed by atoms with Gasteiger partial charge in [-0.15, -0.1) is 11.8 Å². The highest BCUT2D eigenvalue weighted by Crippen LogP contribution is 2.33. The molecule has 8 amide bonds. The number of methoxy groups -OCH3 is 1. The molecule has 82 heavy (non-hydrogen) atoms. The van der Waals surface area contributed by atoms with E-state index in [4.69, 9.17) is 19.9 Å². The Labute approximate surface area is 473 Å². The van der Waals surface area contributed by atoms with Crippen molar-refractivity contribution >= 4 is 104 Å². The van der Waals surface area contributed by atoms with Crippen LogP contribution in [0.3, 0.4) is 0 Å². The molecule has 2 aliphatic heterocycles. The van der Waals surface area contributed by atoms with Crippen LogP contribution in [0.15, 0.2) is 58.5 Å². The number of carbonyl (C=O) groups excluding carboxylic acids is 10. The molecule has 1 fully saturated rings. The molecule has 1 saturated heterocycles. The summed E-state index contributed by atoms with van der Waals surface area (Å²) in [4.78, 5) is 162. The number of primary amides is 1. The Balaban J connectivity index is 1.53. The molecule has 3 aromatic rings. The summed E-state index contributed by atoms with van der Waals surface area (Å²) in [7, 11) is -3.65. The third kappa shape index (κ3) is 17.2. The molecule has 0 radical (unpaired) electrons. The number of aromatic amines is 1. The first kappa shape index (κ1) is 64.6. The summed E-state index contributed by atoms with van der Waals surface area (Å²) in [6.07, 6.45) is -3.57. The molecule has 5 rings (SSSR count). The van der Waals surface area contributed by atoms with Gasteiger partial charge in [0.25, 0.3) is 5.69 Å². The van der Waals surface area contributed by atoms with Crippen LogP contribution >= 0.6 is 11.8 Å². The lowest BCUT2D eigenvalue weighted by Crippen LogP contribution is -2.60. The minimum Gasteiger partial charge on any atom is -0.480 e. The summed E-state index contributed by atoms with van der Waals surface area (Å²) in [6.45, 7) is 4.24. The summed E-state index contributed by atoms with van der Waals surface area (Å²) in [6, 6.07) is 0.836. The minimum atomic E-state index is -4.91. The van der Waals surface area contributed by atoms with Crippen molar-refractivity contribution in [1.29, 1.82) is 0 Å². The second kappa shape index (κ2) is 29.0. The molecule has 30 nitrogen and oxygen atoms in total. The molecule has 10 atom stereocenters. The number of nitrogens with zero attached hydrogens (tertiary/aromatic N) is 2. The molecule has 0 bridgehead atoms. The molecular formula is C50H65N11O19S2. The van der Waals surface area contributed by atoms with Gasteiger partial charge in [0.05, 0.1) is 35.6 Å². The van der Waals surface area contributed by atoms with Crippen LogP contribution < -0.4 is 42.4 Å². The standard InChI is InChI=1S/C50H65N11O19S2/c1-7-24(2)42-47(70)53-19-40(65)54-34(23-81-48-30(29-12-8-9-13-31(29)56-48)17-32(44(67)52-20-41(66)57-42)59-82(76,77)38-15-11-10-14-35(38)61(74)75)45(68)55-33(18-39(51)64)49(71)60-21-28(78-6)16-36(60)46(69)58-43(50(72)73)25(3)37(80-27(5)63)22-79-26(4)62/h8-15,24-25,28,32-34,36-37,42-43,56,59H,7,16-23H2,1-6H3,(H2,51,64)(H,52,67)(H,53,70)(H,54,65)(H,55,68)(H,57,66)(H,58,69)(H,72,73)/t24-,25-,28?,32?,33?,34?,36-,37-,42-,43-/m0/s1. The Morgan fingerprint density at radius 1 is 0.915 bits per heavy atom. The molecule has 4 unspecified atom stereocenters. The van der Waals surface area contributed by atoms with Crippen molar-refractivity contribution in [3.63, 3.8) is 0 Å². The second-order valence-corrected chi connectivity index (χ2v) is 22.1. The average molecular weight is 1190 g/mol. The third-order valence-electron chi connectivity index (χ3n) is 13.5. The largest absolute Gasteiger partial charge is 0.480 e. The van der Waals surface area contributed by atoms with E-state index in [1.54, 1.807) is 38.1 Å². The van der Waals surface area contributed by atoms with E-state index in [9.17, 15) is 76.4 Å². The van der Waals surface area contributed by atoms with E-state index in [0.717, 1.165) is 42.6 Å². The first-order valence-corrected chi connectivity index (χ1v) is 28.0. The number of thioether (sulfide) groups is 1. The molecule has 2 aromatic carbocycles. The fourth-order valence-electron chi connectivity index (χ4n) is 8.99. The van der Waals surface area contributed by atoms with E-state index >= 15 is 0 Å². The Morgan fingerprint density at radius 3 is 2.18 bits per heavy atom. The topological polar surface area (TPSA) is 442 Å². The molecule has 3 heterocycles. The molecule has 32 heteroatoms. The molecule has 0 saturated carbocycles. The molecular weight excluding hydrogens is 1120 g/mol. The predicted molar refractivity (Wildman–Crippen MR) is 287 cm³/mol. The summed E-state index contributed by atoms with van der Waals surface area (Å²) in [5, 5.41) is 37.4. The number of aromatic nitrogens is 1. The number of benzene rings is 2. The number of H-pyrrole nitrogens is 1. The highest BCUT2D eigenvalue weighted by molar-refractivity contribution is 7.99. The number of amides is 8. The van der Waals surface area contributed by atoms with Crippen LogP contribution in [0.2, 0.25) is 0 Å². The van der Waals surface area contributed by atoms with Gasteiger partial charge in [0.15, 0.2) is 4.90 Å². The number of nitro benzene ring substituents is 1. The van der Waals surface area contributed by atoms with E-state index in [0.29, 0.717) is 17.3 Å². The van der Waals surface area contributed by atoms with Gasteiger partial charge < -0.3 is 66.8 Å². The number of carboxylic acid groups (broad SMARTS) is 1. The number of carbonyl (C=O) groups is 11. The van der Waals surface area contributed by atoms with Gasteiger partial charge in [-0.2, -0.15) is 4.72 Å². The molecule has 0 spiro atoms. The van der Waals surface area contributed by atoms with Crippen LogP contribution in [0.4, 0.5) is 5.69 Å². The van der Waals surface area contributed by atoms with E-state index < -0.39 is 189 Å². The maximum atomic E-state index is 14.7. The number of ether oxygens (including phenoxy) is 3. The number of rotatable bonds is 20. The third-order valence-corrected chi connectivity index (χ3v) is 16.2. The van der Waals surface area contributed by atoms with E-state index in [-0.39, 0.29) is 23.6 Å². The van der Waals surface area contributed by atoms with Gasteiger partial charge >= 0.3 is 17.9 Å². The lowest BCUT2D eigenvalue weighted by Gasteiger charge is -2.32. The van der Waals surface area contributed by atoms with Crippen molar-refractivity contribution in [2.24, 2.45) is 17.6 Å². The summed E-state index contributed by atoms with van der Waals surface area (Å²) in [5.41, 5.74) is 5.46. The van der Waals surface area contributed by atoms with Crippen molar-refractivity contribution in [1.82, 2.24) is 46.5 Å². The number of nitro groups is 1. The SMILES string of the molecule is CC[C@H](C)[C@@H]1NC(=O)CNC(=O)C(NS(=O)(=O)c2ccccc2[N+](=O)[O-])Cc2c([nH]c3ccccc23)SCC(C(=O)NC(CC(N)=O)C(=O)N2CC(OC)C[C@H]2C(=O)N[C@H](C(=O)O)[C@@H](C)[C@H](COC(C)=O)OC(C)=O)NC(=O)CNC1=O. The van der Waals surface area contributed by atoms with Gasteiger partial charge in [-0.3, -0.25) is 58.1 Å². The number of likely N-dealkylation sites (tertiary alicyclic amines) is 1. The van der Waals surface area contributed by atoms with Crippen LogP contribution in [-0.4, -0.2) is 181 Å². The van der Waals surface area contributed by atoms with Gasteiger partial charge in [-0.1, -0.05) is 57.5 Å². The van der Waals surface area contributed by atoms with Gasteiger partial charge in [-0.05, 0) is 23.6 Å². The summed E-state index contributed by atoms with van der Waals surface area (Å²) >= 11 is 0.851. The highest BCUT2D eigenvalue weighted by Gasteiger charge is 2.45. The first-order valence-electron chi connectivity index (χ1n) is 25.5. The van der Waals surface area contributed by atoms with Crippen LogP contribution in [-0.2, 0) is 83.4 Å². The maximum absolute atomic E-state index is 14.7.